The quantitative estimate of drug-likeness (QED) is 0.631. The molecule has 1 aliphatic rings. The Labute approximate surface area is 166 Å². The lowest BCUT2D eigenvalue weighted by molar-refractivity contribution is 0.0927. The number of amides is 1. The van der Waals surface area contributed by atoms with Crippen molar-refractivity contribution in [2.75, 3.05) is 20.1 Å². The van der Waals surface area contributed by atoms with E-state index in [2.05, 4.69) is 16.7 Å². The van der Waals surface area contributed by atoms with Crippen LogP contribution in [0.3, 0.4) is 0 Å². The van der Waals surface area contributed by atoms with Gasteiger partial charge in [0.15, 0.2) is 5.76 Å². The summed E-state index contributed by atoms with van der Waals surface area (Å²) in [5.41, 5.74) is 1.86. The molecule has 1 aromatic carbocycles. The molecule has 144 valence electrons. The van der Waals surface area contributed by atoms with Crippen LogP contribution in [-0.2, 0) is 5.75 Å². The number of halogens is 1. The first-order valence-electron chi connectivity index (χ1n) is 9.34. The first kappa shape index (κ1) is 21.1. The van der Waals surface area contributed by atoms with Crippen LogP contribution in [0.25, 0.3) is 11.0 Å². The van der Waals surface area contributed by atoms with Gasteiger partial charge >= 0.3 is 0 Å². The van der Waals surface area contributed by atoms with E-state index < -0.39 is 0 Å². The molecule has 0 radical (unpaired) electrons. The highest BCUT2D eigenvalue weighted by atomic mass is 35.5. The van der Waals surface area contributed by atoms with Gasteiger partial charge in [-0.15, -0.1) is 12.4 Å². The average molecular weight is 397 g/mol. The summed E-state index contributed by atoms with van der Waals surface area (Å²) in [6, 6.07) is 7.98. The van der Waals surface area contributed by atoms with E-state index in [1.54, 1.807) is 0 Å². The second kappa shape index (κ2) is 10.9. The number of benzene rings is 1. The number of fused-ring (bicyclic) bond motifs is 1. The van der Waals surface area contributed by atoms with Gasteiger partial charge in [-0.2, -0.15) is 11.8 Å². The third-order valence-electron chi connectivity index (χ3n) is 4.81. The van der Waals surface area contributed by atoms with Gasteiger partial charge in [-0.3, -0.25) is 4.79 Å². The summed E-state index contributed by atoms with van der Waals surface area (Å²) >= 11 is 1.98. The summed E-state index contributed by atoms with van der Waals surface area (Å²) in [6.45, 7) is 1.55. The molecule has 2 aromatic rings. The van der Waals surface area contributed by atoms with E-state index in [0.717, 1.165) is 35.3 Å². The number of hydrogen-bond donors (Lipinski definition) is 2. The lowest BCUT2D eigenvalue weighted by Crippen LogP contribution is -2.27. The average Bonchev–Trinajstić information content (AvgIpc) is 3.03. The maximum Gasteiger partial charge on any atom is 0.287 e. The van der Waals surface area contributed by atoms with Crippen LogP contribution in [0.1, 0.15) is 54.6 Å². The van der Waals surface area contributed by atoms with E-state index in [4.69, 9.17) is 4.42 Å². The van der Waals surface area contributed by atoms with Gasteiger partial charge in [0, 0.05) is 28.5 Å². The van der Waals surface area contributed by atoms with Crippen molar-refractivity contribution in [3.8, 4) is 0 Å². The molecule has 0 aliphatic heterocycles. The topological polar surface area (TPSA) is 54.3 Å². The number of carbonyl (C=O) groups excluding carboxylic acids is 1. The maximum absolute atomic E-state index is 12.6. The fourth-order valence-corrected chi connectivity index (χ4v) is 4.76. The molecule has 0 bridgehead atoms. The van der Waals surface area contributed by atoms with Crippen molar-refractivity contribution in [2.24, 2.45) is 0 Å². The van der Waals surface area contributed by atoms with Crippen molar-refractivity contribution in [1.82, 2.24) is 10.6 Å². The smallest absolute Gasteiger partial charge is 0.287 e. The van der Waals surface area contributed by atoms with Gasteiger partial charge in [0.2, 0.25) is 0 Å². The molecule has 1 aliphatic carbocycles. The minimum Gasteiger partial charge on any atom is -0.451 e. The predicted molar refractivity (Wildman–Crippen MR) is 113 cm³/mol. The van der Waals surface area contributed by atoms with Crippen LogP contribution >= 0.6 is 24.2 Å². The highest BCUT2D eigenvalue weighted by molar-refractivity contribution is 7.99. The Bertz CT molecular complexity index is 698. The molecule has 1 aromatic heterocycles. The predicted octanol–water partition coefficient (Wildman–Crippen LogP) is 4.76. The fraction of sp³-hybridized carbons (Fsp3) is 0.550. The first-order valence-corrected chi connectivity index (χ1v) is 10.4. The lowest BCUT2D eigenvalue weighted by Gasteiger charge is -2.20. The fourth-order valence-electron chi connectivity index (χ4n) is 3.41. The van der Waals surface area contributed by atoms with E-state index in [-0.39, 0.29) is 18.3 Å². The Balaban J connectivity index is 0.00000243. The summed E-state index contributed by atoms with van der Waals surface area (Å²) in [5, 5.41) is 7.88. The zero-order valence-electron chi connectivity index (χ0n) is 15.4. The van der Waals surface area contributed by atoms with Crippen LogP contribution in [0.5, 0.6) is 0 Å². The molecule has 0 spiro atoms. The van der Waals surface area contributed by atoms with Gasteiger partial charge < -0.3 is 15.1 Å². The van der Waals surface area contributed by atoms with E-state index in [9.17, 15) is 4.79 Å². The molecular formula is C20H29ClN2O2S. The first-order chi connectivity index (χ1) is 12.3. The standard InChI is InChI=1S/C20H28N2O2S.ClH/c1-21-12-7-13-22-20(23)19-17(14-25-15-8-3-2-4-9-15)16-10-5-6-11-18(16)24-19;/h5-6,10-11,15,21H,2-4,7-9,12-14H2,1H3,(H,22,23);1H. The Hall–Kier alpha value is -1.17. The molecular weight excluding hydrogens is 368 g/mol. The van der Waals surface area contributed by atoms with Crippen molar-refractivity contribution >= 4 is 41.0 Å². The number of rotatable bonds is 8. The molecule has 0 atom stereocenters. The minimum absolute atomic E-state index is 0. The molecule has 3 rings (SSSR count). The summed E-state index contributed by atoms with van der Waals surface area (Å²) in [6.07, 6.45) is 7.55. The number of carbonyl (C=O) groups is 1. The second-order valence-corrected chi connectivity index (χ2v) is 7.98. The van der Waals surface area contributed by atoms with Crippen LogP contribution in [-0.4, -0.2) is 31.3 Å². The second-order valence-electron chi connectivity index (χ2n) is 6.69. The lowest BCUT2D eigenvalue weighted by atomic mass is 10.0. The van der Waals surface area contributed by atoms with Crippen LogP contribution in [0.4, 0.5) is 0 Å². The number of furan rings is 1. The zero-order chi connectivity index (χ0) is 17.5. The Morgan fingerprint density at radius 1 is 1.19 bits per heavy atom. The van der Waals surface area contributed by atoms with Crippen molar-refractivity contribution in [3.05, 3.63) is 35.6 Å². The van der Waals surface area contributed by atoms with Gasteiger partial charge in [-0.25, -0.2) is 0 Å². The Morgan fingerprint density at radius 2 is 1.96 bits per heavy atom. The Morgan fingerprint density at radius 3 is 2.73 bits per heavy atom. The van der Waals surface area contributed by atoms with Crippen LogP contribution < -0.4 is 10.6 Å². The van der Waals surface area contributed by atoms with E-state index >= 15 is 0 Å². The molecule has 0 unspecified atom stereocenters. The van der Waals surface area contributed by atoms with Gasteiger partial charge in [0.05, 0.1) is 0 Å². The summed E-state index contributed by atoms with van der Waals surface area (Å²) in [4.78, 5) is 12.6. The Kier molecular flexibility index (Phi) is 8.82. The highest BCUT2D eigenvalue weighted by Crippen LogP contribution is 2.34. The number of hydrogen-bond acceptors (Lipinski definition) is 4. The normalized spacial score (nSPS) is 15.0. The van der Waals surface area contributed by atoms with E-state index in [1.807, 2.05) is 37.0 Å². The van der Waals surface area contributed by atoms with Gasteiger partial charge in [-0.05, 0) is 38.9 Å². The van der Waals surface area contributed by atoms with Gasteiger partial charge in [0.25, 0.3) is 5.91 Å². The van der Waals surface area contributed by atoms with Crippen molar-refractivity contribution < 1.29 is 9.21 Å². The molecule has 1 fully saturated rings. The van der Waals surface area contributed by atoms with Crippen LogP contribution in [0.2, 0.25) is 0 Å². The molecule has 2 N–H and O–H groups in total. The molecule has 0 saturated heterocycles. The third kappa shape index (κ3) is 5.41. The monoisotopic (exact) mass is 396 g/mol. The van der Waals surface area contributed by atoms with Crippen molar-refractivity contribution in [1.29, 1.82) is 0 Å². The SMILES string of the molecule is CNCCCNC(=O)c1oc2ccccc2c1CSC1CCCCC1.Cl. The molecule has 6 heteroatoms. The number of para-hydroxylation sites is 1. The van der Waals surface area contributed by atoms with E-state index in [0.29, 0.717) is 17.6 Å². The number of thioether (sulfide) groups is 1. The van der Waals surface area contributed by atoms with Gasteiger partial charge in [0.1, 0.15) is 5.58 Å². The van der Waals surface area contributed by atoms with Crippen molar-refractivity contribution in [3.63, 3.8) is 0 Å². The van der Waals surface area contributed by atoms with Crippen LogP contribution in [0, 0.1) is 0 Å². The number of nitrogens with one attached hydrogen (secondary N) is 2. The minimum atomic E-state index is -0.0912. The summed E-state index contributed by atoms with van der Waals surface area (Å²) in [7, 11) is 1.92. The van der Waals surface area contributed by atoms with Crippen molar-refractivity contribution in [2.45, 2.75) is 49.5 Å². The summed E-state index contributed by atoms with van der Waals surface area (Å²) in [5.74, 6) is 1.25. The highest BCUT2D eigenvalue weighted by Gasteiger charge is 2.22. The summed E-state index contributed by atoms with van der Waals surface area (Å²) < 4.78 is 5.92. The molecule has 1 heterocycles. The third-order valence-corrected chi connectivity index (χ3v) is 6.21. The van der Waals surface area contributed by atoms with Crippen LogP contribution in [0.15, 0.2) is 28.7 Å². The molecule has 26 heavy (non-hydrogen) atoms. The molecule has 1 saturated carbocycles. The molecule has 4 nitrogen and oxygen atoms in total. The maximum atomic E-state index is 12.6. The van der Waals surface area contributed by atoms with E-state index in [1.165, 1.54) is 32.1 Å². The zero-order valence-corrected chi connectivity index (χ0v) is 17.0. The largest absolute Gasteiger partial charge is 0.451 e. The van der Waals surface area contributed by atoms with Gasteiger partial charge in [-0.1, -0.05) is 37.5 Å². The molecule has 1 amide bonds.